The zero-order valence-electron chi connectivity index (χ0n) is 13.9. The third-order valence-corrected chi connectivity index (χ3v) is 4.68. The molecular formula is C16H33ClN2O. The zero-order valence-corrected chi connectivity index (χ0v) is 14.7. The van der Waals surface area contributed by atoms with Crippen LogP contribution in [0.25, 0.3) is 0 Å². The van der Waals surface area contributed by atoms with Crippen molar-refractivity contribution in [2.24, 2.45) is 11.3 Å². The van der Waals surface area contributed by atoms with Gasteiger partial charge in [-0.1, -0.05) is 13.8 Å². The Hall–Kier alpha value is 0.170. The van der Waals surface area contributed by atoms with Crippen LogP contribution in [0.1, 0.15) is 53.9 Å². The van der Waals surface area contributed by atoms with Gasteiger partial charge in [-0.05, 0) is 52.5 Å². The van der Waals surface area contributed by atoms with Crippen molar-refractivity contribution in [1.29, 1.82) is 0 Å². The van der Waals surface area contributed by atoms with Gasteiger partial charge < -0.3 is 9.64 Å². The fourth-order valence-electron chi connectivity index (χ4n) is 3.30. The molecule has 0 aromatic heterocycles. The first-order chi connectivity index (χ1) is 8.80. The molecule has 0 amide bonds. The summed E-state index contributed by atoms with van der Waals surface area (Å²) in [4.78, 5) is 2.62. The van der Waals surface area contributed by atoms with Crippen LogP contribution in [0.4, 0.5) is 0 Å². The second-order valence-corrected chi connectivity index (χ2v) is 7.84. The highest BCUT2D eigenvalue weighted by Gasteiger charge is 2.37. The Labute approximate surface area is 131 Å². The van der Waals surface area contributed by atoms with Crippen LogP contribution in [-0.4, -0.2) is 42.9 Å². The summed E-state index contributed by atoms with van der Waals surface area (Å²) in [6.45, 7) is 15.8. The van der Waals surface area contributed by atoms with E-state index in [9.17, 15) is 0 Å². The molecule has 2 unspecified atom stereocenters. The van der Waals surface area contributed by atoms with Gasteiger partial charge in [0.1, 0.15) is 5.72 Å². The van der Waals surface area contributed by atoms with E-state index in [-0.39, 0.29) is 23.5 Å². The van der Waals surface area contributed by atoms with Gasteiger partial charge in [0.25, 0.3) is 0 Å². The second kappa shape index (κ2) is 6.95. The molecule has 2 heterocycles. The Kier molecular flexibility index (Phi) is 6.33. The van der Waals surface area contributed by atoms with Crippen LogP contribution in [-0.2, 0) is 4.74 Å². The lowest BCUT2D eigenvalue weighted by atomic mass is 9.86. The van der Waals surface area contributed by atoms with Crippen LogP contribution in [0.5, 0.6) is 0 Å². The molecule has 0 radical (unpaired) electrons. The molecule has 4 heteroatoms. The first-order valence-corrected chi connectivity index (χ1v) is 7.93. The number of rotatable bonds is 3. The van der Waals surface area contributed by atoms with Crippen molar-refractivity contribution < 1.29 is 4.74 Å². The van der Waals surface area contributed by atoms with Gasteiger partial charge in [0.15, 0.2) is 0 Å². The number of halogens is 1. The van der Waals surface area contributed by atoms with Crippen molar-refractivity contribution in [3.05, 3.63) is 0 Å². The average Bonchev–Trinajstić information content (AvgIpc) is 2.34. The topological polar surface area (TPSA) is 24.5 Å². The Morgan fingerprint density at radius 1 is 1.30 bits per heavy atom. The van der Waals surface area contributed by atoms with E-state index in [0.29, 0.717) is 6.04 Å². The van der Waals surface area contributed by atoms with Gasteiger partial charge in [0, 0.05) is 24.5 Å². The highest BCUT2D eigenvalue weighted by molar-refractivity contribution is 5.85. The first-order valence-electron chi connectivity index (χ1n) is 7.93. The largest absolute Gasteiger partial charge is 0.360 e. The fraction of sp³-hybridized carbons (Fsp3) is 1.00. The van der Waals surface area contributed by atoms with Crippen LogP contribution in [0, 0.1) is 11.3 Å². The SMILES string of the molecule is CC(C)N1CCCC(CC2(C)NCC(C)(C)CO2)C1.Cl. The van der Waals surface area contributed by atoms with Crippen molar-refractivity contribution in [2.45, 2.75) is 65.6 Å². The summed E-state index contributed by atoms with van der Waals surface area (Å²) in [5.41, 5.74) is 0.163. The van der Waals surface area contributed by atoms with Crippen molar-refractivity contribution in [2.75, 3.05) is 26.2 Å². The quantitative estimate of drug-likeness (QED) is 0.866. The molecule has 1 N–H and O–H groups in total. The summed E-state index contributed by atoms with van der Waals surface area (Å²) < 4.78 is 6.15. The molecule has 0 aromatic rings. The van der Waals surface area contributed by atoms with E-state index in [4.69, 9.17) is 4.74 Å². The van der Waals surface area contributed by atoms with E-state index in [0.717, 1.165) is 25.5 Å². The molecule has 0 aliphatic carbocycles. The molecule has 3 nitrogen and oxygen atoms in total. The van der Waals surface area contributed by atoms with Gasteiger partial charge in [0.05, 0.1) is 6.61 Å². The molecule has 2 fully saturated rings. The predicted octanol–water partition coefficient (Wildman–Crippen LogP) is 3.28. The lowest BCUT2D eigenvalue weighted by molar-refractivity contribution is -0.139. The lowest BCUT2D eigenvalue weighted by Gasteiger charge is -2.45. The van der Waals surface area contributed by atoms with Gasteiger partial charge in [-0.2, -0.15) is 0 Å². The monoisotopic (exact) mass is 304 g/mol. The molecule has 2 atom stereocenters. The average molecular weight is 305 g/mol. The molecule has 0 spiro atoms. The smallest absolute Gasteiger partial charge is 0.116 e. The maximum absolute atomic E-state index is 6.15. The maximum Gasteiger partial charge on any atom is 0.116 e. The maximum atomic E-state index is 6.15. The number of likely N-dealkylation sites (tertiary alicyclic amines) is 1. The molecule has 120 valence electrons. The molecule has 2 rings (SSSR count). The minimum Gasteiger partial charge on any atom is -0.360 e. The Morgan fingerprint density at radius 2 is 2.00 bits per heavy atom. The molecule has 2 saturated heterocycles. The highest BCUT2D eigenvalue weighted by Crippen LogP contribution is 2.31. The van der Waals surface area contributed by atoms with Crippen molar-refractivity contribution in [3.63, 3.8) is 0 Å². The van der Waals surface area contributed by atoms with Crippen LogP contribution < -0.4 is 5.32 Å². The predicted molar refractivity (Wildman–Crippen MR) is 87.4 cm³/mol. The van der Waals surface area contributed by atoms with Gasteiger partial charge >= 0.3 is 0 Å². The molecule has 2 aliphatic rings. The van der Waals surface area contributed by atoms with E-state index in [2.05, 4.69) is 44.8 Å². The first kappa shape index (κ1) is 18.2. The van der Waals surface area contributed by atoms with E-state index in [1.165, 1.54) is 25.9 Å². The number of nitrogens with one attached hydrogen (secondary N) is 1. The highest BCUT2D eigenvalue weighted by atomic mass is 35.5. The standard InChI is InChI=1S/C16H32N2O.ClH/c1-13(2)18-8-6-7-14(10-18)9-16(5)17-11-15(3,4)12-19-16;/h13-14,17H,6-12H2,1-5H3;1H. The molecule has 0 bridgehead atoms. The van der Waals surface area contributed by atoms with Crippen LogP contribution in [0.3, 0.4) is 0 Å². The summed E-state index contributed by atoms with van der Waals surface area (Å²) in [5, 5.41) is 3.64. The molecule has 20 heavy (non-hydrogen) atoms. The van der Waals surface area contributed by atoms with E-state index in [1.54, 1.807) is 0 Å². The minimum atomic E-state index is -0.111. The third kappa shape index (κ3) is 4.87. The summed E-state index contributed by atoms with van der Waals surface area (Å²) in [6.07, 6.45) is 3.84. The Bertz CT molecular complexity index is 297. The van der Waals surface area contributed by atoms with Gasteiger partial charge in [-0.15, -0.1) is 12.4 Å². The Balaban J connectivity index is 0.00000200. The molecular weight excluding hydrogens is 272 g/mol. The van der Waals surface area contributed by atoms with Crippen molar-refractivity contribution in [3.8, 4) is 0 Å². The van der Waals surface area contributed by atoms with E-state index < -0.39 is 0 Å². The molecule has 0 saturated carbocycles. The van der Waals surface area contributed by atoms with E-state index >= 15 is 0 Å². The van der Waals surface area contributed by atoms with Crippen molar-refractivity contribution in [1.82, 2.24) is 10.2 Å². The van der Waals surface area contributed by atoms with Gasteiger partial charge in [-0.3, -0.25) is 5.32 Å². The minimum absolute atomic E-state index is 0. The summed E-state index contributed by atoms with van der Waals surface area (Å²) in [6, 6.07) is 0.676. The number of hydrogen-bond acceptors (Lipinski definition) is 3. The summed E-state index contributed by atoms with van der Waals surface area (Å²) in [5.74, 6) is 0.773. The zero-order chi connectivity index (χ0) is 14.1. The van der Waals surface area contributed by atoms with Crippen LogP contribution >= 0.6 is 12.4 Å². The number of hydrogen-bond donors (Lipinski definition) is 1. The van der Waals surface area contributed by atoms with E-state index in [1.807, 2.05) is 0 Å². The fourth-order valence-corrected chi connectivity index (χ4v) is 3.30. The molecule has 0 aromatic carbocycles. The van der Waals surface area contributed by atoms with Gasteiger partial charge in [0.2, 0.25) is 0 Å². The van der Waals surface area contributed by atoms with Crippen LogP contribution in [0.2, 0.25) is 0 Å². The Morgan fingerprint density at radius 3 is 2.55 bits per heavy atom. The number of ether oxygens (including phenoxy) is 1. The number of nitrogens with zero attached hydrogens (tertiary/aromatic N) is 1. The lowest BCUT2D eigenvalue weighted by Crippen LogP contribution is -2.57. The van der Waals surface area contributed by atoms with Gasteiger partial charge in [-0.25, -0.2) is 0 Å². The second-order valence-electron chi connectivity index (χ2n) is 7.84. The number of piperidine rings is 1. The summed E-state index contributed by atoms with van der Waals surface area (Å²) >= 11 is 0. The van der Waals surface area contributed by atoms with Crippen molar-refractivity contribution >= 4 is 12.4 Å². The van der Waals surface area contributed by atoms with Crippen LogP contribution in [0.15, 0.2) is 0 Å². The molecule has 2 aliphatic heterocycles. The normalized spacial score (nSPS) is 34.8. The summed E-state index contributed by atoms with van der Waals surface area (Å²) in [7, 11) is 0. The third-order valence-electron chi connectivity index (χ3n) is 4.68.